The number of carbonyl (C=O) groups excluding carboxylic acids is 1. The van der Waals surface area contributed by atoms with E-state index in [-0.39, 0.29) is 23.2 Å². The standard InChI is InChI=1S/C14H18FN3O3/c1-8(19)17-9-4-6-18(7-5-9)11-3-2-10(15)13(16)12(11)14(20)21/h2-3,9H,4-7,16H2,1H3,(H,17,19)(H,20,21). The zero-order valence-electron chi connectivity index (χ0n) is 11.7. The fourth-order valence-corrected chi connectivity index (χ4v) is 2.62. The Morgan fingerprint density at radius 1 is 1.38 bits per heavy atom. The number of carboxylic acid groups (broad SMARTS) is 1. The Morgan fingerprint density at radius 2 is 2.00 bits per heavy atom. The van der Waals surface area contributed by atoms with Gasteiger partial charge in [0.15, 0.2) is 0 Å². The maximum Gasteiger partial charge on any atom is 0.340 e. The van der Waals surface area contributed by atoms with E-state index in [1.807, 2.05) is 4.90 Å². The number of benzene rings is 1. The highest BCUT2D eigenvalue weighted by Crippen LogP contribution is 2.30. The summed E-state index contributed by atoms with van der Waals surface area (Å²) in [6, 6.07) is 2.70. The summed E-state index contributed by atoms with van der Waals surface area (Å²) in [6.45, 7) is 2.63. The van der Waals surface area contributed by atoms with Crippen LogP contribution in [0, 0.1) is 5.82 Å². The molecule has 1 aromatic carbocycles. The van der Waals surface area contributed by atoms with Gasteiger partial charge in [-0.15, -0.1) is 0 Å². The summed E-state index contributed by atoms with van der Waals surface area (Å²) in [4.78, 5) is 24.2. The quantitative estimate of drug-likeness (QED) is 0.728. The second-order valence-corrected chi connectivity index (χ2v) is 5.12. The Bertz CT molecular complexity index is 569. The predicted octanol–water partition coefficient (Wildman–Crippen LogP) is 1.21. The third kappa shape index (κ3) is 3.24. The monoisotopic (exact) mass is 295 g/mol. The minimum absolute atomic E-state index is 0.0781. The van der Waals surface area contributed by atoms with Crippen molar-refractivity contribution in [3.05, 3.63) is 23.5 Å². The molecule has 1 aromatic rings. The number of nitrogens with two attached hydrogens (primary N) is 1. The maximum atomic E-state index is 13.4. The van der Waals surface area contributed by atoms with Gasteiger partial charge < -0.3 is 21.1 Å². The van der Waals surface area contributed by atoms with E-state index in [0.29, 0.717) is 31.6 Å². The molecule has 21 heavy (non-hydrogen) atoms. The van der Waals surface area contributed by atoms with Gasteiger partial charge in [0.25, 0.3) is 0 Å². The number of hydrogen-bond donors (Lipinski definition) is 3. The van der Waals surface area contributed by atoms with E-state index >= 15 is 0 Å². The number of rotatable bonds is 3. The Balaban J connectivity index is 2.19. The number of nitrogens with zero attached hydrogens (tertiary/aromatic N) is 1. The molecule has 1 amide bonds. The highest BCUT2D eigenvalue weighted by Gasteiger charge is 2.25. The number of aromatic carboxylic acids is 1. The van der Waals surface area contributed by atoms with Crippen molar-refractivity contribution in [2.75, 3.05) is 23.7 Å². The summed E-state index contributed by atoms with van der Waals surface area (Å²) in [6.07, 6.45) is 1.41. The van der Waals surface area contributed by atoms with Crippen LogP contribution in [0.25, 0.3) is 0 Å². The number of nitrogen functional groups attached to an aromatic ring is 1. The first-order chi connectivity index (χ1) is 9.90. The van der Waals surface area contributed by atoms with Crippen LogP contribution in [0.5, 0.6) is 0 Å². The second-order valence-electron chi connectivity index (χ2n) is 5.12. The molecular formula is C14H18FN3O3. The molecule has 0 saturated carbocycles. The van der Waals surface area contributed by atoms with Crippen molar-refractivity contribution in [2.24, 2.45) is 0 Å². The molecule has 0 atom stereocenters. The smallest absolute Gasteiger partial charge is 0.340 e. The highest BCUT2D eigenvalue weighted by atomic mass is 19.1. The Kier molecular flexibility index (Phi) is 4.30. The van der Waals surface area contributed by atoms with E-state index in [1.54, 1.807) is 0 Å². The summed E-state index contributed by atoms with van der Waals surface area (Å²) in [5.41, 5.74) is 5.42. The lowest BCUT2D eigenvalue weighted by Gasteiger charge is -2.34. The second kappa shape index (κ2) is 5.99. The van der Waals surface area contributed by atoms with Gasteiger partial charge in [0.2, 0.25) is 5.91 Å². The summed E-state index contributed by atoms with van der Waals surface area (Å²) < 4.78 is 13.4. The van der Waals surface area contributed by atoms with Crippen LogP contribution in [0.1, 0.15) is 30.1 Å². The minimum atomic E-state index is -1.24. The molecule has 1 saturated heterocycles. The number of anilines is 2. The highest BCUT2D eigenvalue weighted by molar-refractivity contribution is 6.00. The molecule has 7 heteroatoms. The fourth-order valence-electron chi connectivity index (χ4n) is 2.62. The first-order valence-corrected chi connectivity index (χ1v) is 6.73. The van der Waals surface area contributed by atoms with Gasteiger partial charge in [0.05, 0.1) is 11.4 Å². The average molecular weight is 295 g/mol. The van der Waals surface area contributed by atoms with Crippen LogP contribution < -0.4 is 16.0 Å². The van der Waals surface area contributed by atoms with Crippen LogP contribution in [0.2, 0.25) is 0 Å². The van der Waals surface area contributed by atoms with Gasteiger partial charge in [0, 0.05) is 26.1 Å². The maximum absolute atomic E-state index is 13.4. The van der Waals surface area contributed by atoms with E-state index in [2.05, 4.69) is 5.32 Å². The van der Waals surface area contributed by atoms with Crippen molar-refractivity contribution in [2.45, 2.75) is 25.8 Å². The SMILES string of the molecule is CC(=O)NC1CCN(c2ccc(F)c(N)c2C(=O)O)CC1. The Morgan fingerprint density at radius 3 is 2.52 bits per heavy atom. The van der Waals surface area contributed by atoms with Crippen molar-refractivity contribution in [3.8, 4) is 0 Å². The van der Waals surface area contributed by atoms with E-state index < -0.39 is 11.8 Å². The molecule has 0 aromatic heterocycles. The molecule has 0 aliphatic carbocycles. The van der Waals surface area contributed by atoms with Crippen LogP contribution in [0.3, 0.4) is 0 Å². The zero-order valence-corrected chi connectivity index (χ0v) is 11.7. The van der Waals surface area contributed by atoms with Gasteiger partial charge in [0.1, 0.15) is 11.4 Å². The van der Waals surface area contributed by atoms with Gasteiger partial charge in [-0.1, -0.05) is 0 Å². The third-order valence-electron chi connectivity index (χ3n) is 3.63. The lowest BCUT2D eigenvalue weighted by molar-refractivity contribution is -0.119. The lowest BCUT2D eigenvalue weighted by Crippen LogP contribution is -2.44. The molecule has 114 valence electrons. The molecule has 4 N–H and O–H groups in total. The number of amides is 1. The van der Waals surface area contributed by atoms with Gasteiger partial charge in [-0.3, -0.25) is 4.79 Å². The van der Waals surface area contributed by atoms with Gasteiger partial charge >= 0.3 is 5.97 Å². The molecule has 0 bridgehead atoms. The van der Waals surface area contributed by atoms with Crippen molar-refractivity contribution in [1.29, 1.82) is 0 Å². The predicted molar refractivity (Wildman–Crippen MR) is 76.8 cm³/mol. The molecule has 2 rings (SSSR count). The van der Waals surface area contributed by atoms with Crippen LogP contribution >= 0.6 is 0 Å². The van der Waals surface area contributed by atoms with E-state index in [9.17, 15) is 19.1 Å². The Labute approximate surface area is 121 Å². The molecular weight excluding hydrogens is 277 g/mol. The number of nitrogens with one attached hydrogen (secondary N) is 1. The van der Waals surface area contributed by atoms with Crippen LogP contribution in [-0.4, -0.2) is 36.1 Å². The average Bonchev–Trinajstić information content (AvgIpc) is 2.41. The molecule has 1 fully saturated rings. The fraction of sp³-hybridized carbons (Fsp3) is 0.429. The molecule has 6 nitrogen and oxygen atoms in total. The summed E-state index contributed by atoms with van der Waals surface area (Å²) in [5, 5.41) is 12.1. The number of carboxylic acids is 1. The normalized spacial score (nSPS) is 15.8. The first-order valence-electron chi connectivity index (χ1n) is 6.73. The number of piperidine rings is 1. The van der Waals surface area contributed by atoms with Gasteiger partial charge in [-0.05, 0) is 25.0 Å². The van der Waals surface area contributed by atoms with Crippen molar-refractivity contribution >= 4 is 23.3 Å². The van der Waals surface area contributed by atoms with Crippen LogP contribution in [0.4, 0.5) is 15.8 Å². The third-order valence-corrected chi connectivity index (χ3v) is 3.63. The molecule has 1 heterocycles. The lowest BCUT2D eigenvalue weighted by atomic mass is 10.0. The van der Waals surface area contributed by atoms with E-state index in [4.69, 9.17) is 5.73 Å². The number of carbonyl (C=O) groups is 2. The number of halogens is 1. The van der Waals surface area contributed by atoms with Crippen molar-refractivity contribution in [3.63, 3.8) is 0 Å². The largest absolute Gasteiger partial charge is 0.478 e. The molecule has 0 unspecified atom stereocenters. The number of hydrogen-bond acceptors (Lipinski definition) is 4. The first kappa shape index (κ1) is 15.1. The minimum Gasteiger partial charge on any atom is -0.478 e. The molecule has 1 aliphatic rings. The molecule has 1 aliphatic heterocycles. The zero-order chi connectivity index (χ0) is 15.6. The van der Waals surface area contributed by atoms with Crippen LogP contribution in [-0.2, 0) is 4.79 Å². The Hall–Kier alpha value is -2.31. The van der Waals surface area contributed by atoms with Crippen molar-refractivity contribution < 1.29 is 19.1 Å². The van der Waals surface area contributed by atoms with Crippen LogP contribution in [0.15, 0.2) is 12.1 Å². The van der Waals surface area contributed by atoms with Gasteiger partial charge in [-0.25, -0.2) is 9.18 Å². The van der Waals surface area contributed by atoms with E-state index in [1.165, 1.54) is 19.1 Å². The molecule has 0 radical (unpaired) electrons. The molecule has 0 spiro atoms. The topological polar surface area (TPSA) is 95.7 Å². The van der Waals surface area contributed by atoms with E-state index in [0.717, 1.165) is 0 Å². The van der Waals surface area contributed by atoms with Gasteiger partial charge in [-0.2, -0.15) is 0 Å². The van der Waals surface area contributed by atoms with Crippen molar-refractivity contribution in [1.82, 2.24) is 5.32 Å². The summed E-state index contributed by atoms with van der Waals surface area (Å²) in [7, 11) is 0. The summed E-state index contributed by atoms with van der Waals surface area (Å²) in [5.74, 6) is -2.05. The summed E-state index contributed by atoms with van der Waals surface area (Å²) >= 11 is 0.